The molecule has 0 saturated carbocycles. The first-order chi connectivity index (χ1) is 17.5. The SMILES string of the molecule is Cc1nn(-c2ccccc2)c(C)c1CN1CCCNC(=O)CCC(c2ccccc2)CCNC(=O)C1. The van der Waals surface area contributed by atoms with Gasteiger partial charge in [0.1, 0.15) is 0 Å². The van der Waals surface area contributed by atoms with E-state index in [0.29, 0.717) is 32.6 Å². The lowest BCUT2D eigenvalue weighted by Gasteiger charge is -2.24. The minimum atomic E-state index is 0.0358. The summed E-state index contributed by atoms with van der Waals surface area (Å²) in [5, 5.41) is 11.0. The molecule has 1 atom stereocenters. The van der Waals surface area contributed by atoms with Crippen molar-refractivity contribution < 1.29 is 9.59 Å². The molecule has 2 amide bonds. The van der Waals surface area contributed by atoms with E-state index in [1.807, 2.05) is 60.1 Å². The van der Waals surface area contributed by atoms with Crippen molar-refractivity contribution >= 4 is 11.8 Å². The number of para-hydroxylation sites is 1. The summed E-state index contributed by atoms with van der Waals surface area (Å²) in [7, 11) is 0. The fourth-order valence-electron chi connectivity index (χ4n) is 4.93. The molecule has 0 radical (unpaired) electrons. The van der Waals surface area contributed by atoms with E-state index in [1.54, 1.807) is 0 Å². The molecule has 7 nitrogen and oxygen atoms in total. The lowest BCUT2D eigenvalue weighted by Crippen LogP contribution is -2.39. The number of amides is 2. The summed E-state index contributed by atoms with van der Waals surface area (Å²) in [5.41, 5.74) is 5.43. The van der Waals surface area contributed by atoms with Gasteiger partial charge in [0.05, 0.1) is 17.9 Å². The monoisotopic (exact) mass is 487 g/mol. The number of benzene rings is 2. The van der Waals surface area contributed by atoms with Crippen molar-refractivity contribution in [3.05, 3.63) is 83.2 Å². The van der Waals surface area contributed by atoms with Gasteiger partial charge in [-0.2, -0.15) is 5.10 Å². The summed E-state index contributed by atoms with van der Waals surface area (Å²) < 4.78 is 1.97. The highest BCUT2D eigenvalue weighted by molar-refractivity contribution is 5.78. The molecule has 2 N–H and O–H groups in total. The molecule has 7 heteroatoms. The number of nitrogens with zero attached hydrogens (tertiary/aromatic N) is 3. The number of aromatic nitrogens is 2. The molecule has 0 bridgehead atoms. The van der Waals surface area contributed by atoms with Gasteiger partial charge < -0.3 is 10.6 Å². The highest BCUT2D eigenvalue weighted by Gasteiger charge is 2.20. The van der Waals surface area contributed by atoms with Gasteiger partial charge in [0, 0.05) is 43.9 Å². The molecule has 1 unspecified atom stereocenters. The largest absolute Gasteiger partial charge is 0.356 e. The Morgan fingerprint density at radius 2 is 1.58 bits per heavy atom. The van der Waals surface area contributed by atoms with Crippen molar-refractivity contribution in [2.45, 2.75) is 52.0 Å². The Hall–Kier alpha value is -3.45. The molecule has 4 rings (SSSR count). The number of carbonyl (C=O) groups excluding carboxylic acids is 2. The maximum Gasteiger partial charge on any atom is 0.234 e. The summed E-state index contributed by atoms with van der Waals surface area (Å²) in [5.74, 6) is 0.374. The Labute approximate surface area is 213 Å². The predicted octanol–water partition coefficient (Wildman–Crippen LogP) is 3.88. The molecule has 0 aliphatic carbocycles. The molecular weight excluding hydrogens is 450 g/mol. The molecule has 2 heterocycles. The summed E-state index contributed by atoms with van der Waals surface area (Å²) in [6.07, 6.45) is 2.87. The third-order valence-corrected chi connectivity index (χ3v) is 6.97. The van der Waals surface area contributed by atoms with Gasteiger partial charge in [0.2, 0.25) is 11.8 Å². The van der Waals surface area contributed by atoms with Crippen molar-refractivity contribution in [2.24, 2.45) is 0 Å². The summed E-state index contributed by atoms with van der Waals surface area (Å²) in [6.45, 7) is 6.98. The van der Waals surface area contributed by atoms with Gasteiger partial charge in [-0.15, -0.1) is 0 Å². The number of carbonyl (C=O) groups is 2. The molecular formula is C29H37N5O2. The highest BCUT2D eigenvalue weighted by atomic mass is 16.2. The van der Waals surface area contributed by atoms with E-state index in [2.05, 4.69) is 34.6 Å². The highest BCUT2D eigenvalue weighted by Crippen LogP contribution is 2.25. The van der Waals surface area contributed by atoms with E-state index in [9.17, 15) is 9.59 Å². The minimum absolute atomic E-state index is 0.0358. The molecule has 1 aliphatic rings. The van der Waals surface area contributed by atoms with E-state index < -0.39 is 0 Å². The zero-order chi connectivity index (χ0) is 25.3. The van der Waals surface area contributed by atoms with Crippen LogP contribution in [0.4, 0.5) is 0 Å². The Morgan fingerprint density at radius 1 is 0.889 bits per heavy atom. The van der Waals surface area contributed by atoms with Gasteiger partial charge in [-0.25, -0.2) is 4.68 Å². The average Bonchev–Trinajstić information content (AvgIpc) is 3.17. The van der Waals surface area contributed by atoms with Crippen LogP contribution in [-0.2, 0) is 16.1 Å². The fraction of sp³-hybridized carbons (Fsp3) is 0.414. The van der Waals surface area contributed by atoms with E-state index in [-0.39, 0.29) is 17.7 Å². The first kappa shape index (κ1) is 25.6. The first-order valence-corrected chi connectivity index (χ1v) is 12.9. The molecule has 2 aromatic carbocycles. The topological polar surface area (TPSA) is 79.3 Å². The zero-order valence-electron chi connectivity index (χ0n) is 21.4. The Morgan fingerprint density at radius 3 is 2.33 bits per heavy atom. The number of hydrogen-bond donors (Lipinski definition) is 2. The van der Waals surface area contributed by atoms with Gasteiger partial charge in [-0.3, -0.25) is 14.5 Å². The third kappa shape index (κ3) is 6.82. The van der Waals surface area contributed by atoms with Crippen LogP contribution < -0.4 is 10.6 Å². The maximum absolute atomic E-state index is 12.9. The van der Waals surface area contributed by atoms with Crippen LogP contribution >= 0.6 is 0 Å². The van der Waals surface area contributed by atoms with Gasteiger partial charge in [0.25, 0.3) is 0 Å². The summed E-state index contributed by atoms with van der Waals surface area (Å²) in [4.78, 5) is 27.5. The first-order valence-electron chi connectivity index (χ1n) is 12.9. The van der Waals surface area contributed by atoms with Crippen molar-refractivity contribution in [1.29, 1.82) is 0 Å². The van der Waals surface area contributed by atoms with Crippen LogP contribution in [0, 0.1) is 13.8 Å². The van der Waals surface area contributed by atoms with Crippen molar-refractivity contribution in [3.63, 3.8) is 0 Å². The van der Waals surface area contributed by atoms with Crippen molar-refractivity contribution in [2.75, 3.05) is 26.2 Å². The second kappa shape index (κ2) is 12.5. The number of aryl methyl sites for hydroxylation is 1. The van der Waals surface area contributed by atoms with E-state index in [1.165, 1.54) is 5.56 Å². The van der Waals surface area contributed by atoms with Crippen LogP contribution in [0.3, 0.4) is 0 Å². The van der Waals surface area contributed by atoms with E-state index in [4.69, 9.17) is 5.10 Å². The molecule has 1 saturated heterocycles. The Balaban J connectivity index is 1.46. The quantitative estimate of drug-likeness (QED) is 0.585. The van der Waals surface area contributed by atoms with E-state index in [0.717, 1.165) is 48.4 Å². The molecule has 0 spiro atoms. The van der Waals surface area contributed by atoms with Crippen LogP contribution in [0.2, 0.25) is 0 Å². The molecule has 36 heavy (non-hydrogen) atoms. The average molecular weight is 488 g/mol. The molecule has 1 fully saturated rings. The Kier molecular flexibility index (Phi) is 8.90. The van der Waals surface area contributed by atoms with Crippen LogP contribution in [0.25, 0.3) is 5.69 Å². The lowest BCUT2D eigenvalue weighted by molar-refractivity contribution is -0.123. The number of rotatable bonds is 4. The van der Waals surface area contributed by atoms with Gasteiger partial charge in [-0.1, -0.05) is 48.5 Å². The third-order valence-electron chi connectivity index (χ3n) is 6.97. The van der Waals surface area contributed by atoms with Gasteiger partial charge in [-0.05, 0) is 56.7 Å². The van der Waals surface area contributed by atoms with Crippen molar-refractivity contribution in [3.8, 4) is 5.69 Å². The standard InChI is InChI=1S/C29H37N5O2/c1-22-27(23(2)34(32-22)26-12-7-4-8-13-26)20-33-19-9-17-30-28(35)15-14-25(16-18-31-29(36)21-33)24-10-5-3-6-11-24/h3-8,10-13,25H,9,14-21H2,1-2H3,(H,30,35)(H,31,36). The molecule has 1 aromatic heterocycles. The predicted molar refractivity (Wildman–Crippen MR) is 142 cm³/mol. The van der Waals surface area contributed by atoms with Crippen LogP contribution in [0.5, 0.6) is 0 Å². The minimum Gasteiger partial charge on any atom is -0.356 e. The second-order valence-electron chi connectivity index (χ2n) is 9.60. The molecule has 3 aromatic rings. The molecule has 190 valence electrons. The van der Waals surface area contributed by atoms with Gasteiger partial charge >= 0.3 is 0 Å². The Bertz CT molecular complexity index is 1140. The summed E-state index contributed by atoms with van der Waals surface area (Å²) in [6, 6.07) is 20.4. The van der Waals surface area contributed by atoms with Crippen LogP contribution in [-0.4, -0.2) is 52.7 Å². The zero-order valence-corrected chi connectivity index (χ0v) is 21.4. The summed E-state index contributed by atoms with van der Waals surface area (Å²) >= 11 is 0. The van der Waals surface area contributed by atoms with Gasteiger partial charge in [0.15, 0.2) is 0 Å². The van der Waals surface area contributed by atoms with Crippen molar-refractivity contribution in [1.82, 2.24) is 25.3 Å². The smallest absolute Gasteiger partial charge is 0.234 e. The normalized spacial score (nSPS) is 18.8. The van der Waals surface area contributed by atoms with E-state index >= 15 is 0 Å². The number of nitrogens with one attached hydrogen (secondary N) is 2. The number of hydrogen-bond acceptors (Lipinski definition) is 4. The fourth-order valence-corrected chi connectivity index (χ4v) is 4.93. The maximum atomic E-state index is 12.9. The second-order valence-corrected chi connectivity index (χ2v) is 9.60. The lowest BCUT2D eigenvalue weighted by atomic mass is 9.91. The van der Waals surface area contributed by atoms with Crippen LogP contribution in [0.1, 0.15) is 54.1 Å². The van der Waals surface area contributed by atoms with Crippen LogP contribution in [0.15, 0.2) is 60.7 Å². The molecule has 1 aliphatic heterocycles.